The molecule has 16 heteroatoms. The van der Waals surface area contributed by atoms with E-state index in [1.165, 1.54) is 0 Å². The van der Waals surface area contributed by atoms with Crippen LogP contribution in [0.1, 0.15) is 11.1 Å². The minimum Gasteiger partial charge on any atom is -0.207 e. The smallest absolute Gasteiger partial charge is 0.200 e. The topological polar surface area (TPSA) is 0 Å². The van der Waals surface area contributed by atoms with Gasteiger partial charge in [0.1, 0.15) is 11.6 Å². The third-order valence-corrected chi connectivity index (χ3v) is 5.15. The van der Waals surface area contributed by atoms with Crippen molar-refractivity contribution >= 4 is 12.2 Å². The van der Waals surface area contributed by atoms with E-state index in [4.69, 9.17) is 0 Å². The fraction of sp³-hybridized carbons (Fsp3) is 0.100. The Balaban J connectivity index is 2.34. The van der Waals surface area contributed by atoms with Crippen LogP contribution in [0, 0.1) is 87.3 Å². The lowest BCUT2D eigenvalue weighted by Gasteiger charge is -2.30. The van der Waals surface area contributed by atoms with Gasteiger partial charge in [0.05, 0.1) is 0 Å². The van der Waals surface area contributed by atoms with Gasteiger partial charge in [-0.25, -0.2) is 65.9 Å². The van der Waals surface area contributed by atoms with Crippen molar-refractivity contribution in [2.24, 2.45) is 0 Å². The van der Waals surface area contributed by atoms with E-state index in [1.54, 1.807) is 0 Å². The molecule has 0 N–H and O–H groups in total. The Bertz CT molecular complexity index is 1240. The molecule has 0 heterocycles. The fourth-order valence-corrected chi connectivity index (χ4v) is 3.41. The number of hydrogen-bond acceptors (Lipinski definition) is 0. The van der Waals surface area contributed by atoms with Crippen molar-refractivity contribution in [1.29, 1.82) is 0 Å². The summed E-state index contributed by atoms with van der Waals surface area (Å²) < 4.78 is 207. The average Bonchev–Trinajstić information content (AvgIpc) is 2.86. The zero-order chi connectivity index (χ0) is 27.4. The quantitative estimate of drug-likeness (QED) is 0.160. The van der Waals surface area contributed by atoms with Crippen LogP contribution in [0.3, 0.4) is 0 Å². The van der Waals surface area contributed by atoms with Crippen LogP contribution >= 0.6 is 0 Å². The van der Waals surface area contributed by atoms with E-state index < -0.39 is 123 Å². The molecule has 193 valence electrons. The Kier molecular flexibility index (Phi) is 7.28. The summed E-state index contributed by atoms with van der Waals surface area (Å²) in [5.74, 6) is -40.2. The van der Waals surface area contributed by atoms with Crippen LogP contribution in [-0.4, -0.2) is 6.71 Å². The number of benzene rings is 3. The van der Waals surface area contributed by atoms with E-state index in [9.17, 15) is 65.9 Å². The molecule has 0 nitrogen and oxygen atoms in total. The highest BCUT2D eigenvalue weighted by Gasteiger charge is 2.31. The molecule has 0 aliphatic rings. The zero-order valence-corrected chi connectivity index (χ0v) is 16.7. The Morgan fingerprint density at radius 3 is 0.722 bits per heavy atom. The largest absolute Gasteiger partial charge is 0.207 e. The summed E-state index contributed by atoms with van der Waals surface area (Å²) in [7, 11) is 0. The van der Waals surface area contributed by atoms with Gasteiger partial charge in [-0.3, -0.25) is 0 Å². The van der Waals surface area contributed by atoms with E-state index in [2.05, 4.69) is 0 Å². The van der Waals surface area contributed by atoms with Crippen molar-refractivity contribution in [3.05, 3.63) is 98.4 Å². The summed E-state index contributed by atoms with van der Waals surface area (Å²) >= 11 is 0. The molecule has 3 aromatic rings. The Morgan fingerprint density at radius 1 is 0.278 bits per heavy atom. The molecule has 3 rings (SSSR count). The van der Waals surface area contributed by atoms with Crippen LogP contribution in [0.4, 0.5) is 65.9 Å². The third-order valence-electron chi connectivity index (χ3n) is 5.15. The second kappa shape index (κ2) is 9.62. The molecule has 0 aromatic heterocycles. The molecule has 0 amide bonds. The lowest BCUT2D eigenvalue weighted by molar-refractivity contribution is 0.371. The Morgan fingerprint density at radius 2 is 0.472 bits per heavy atom. The van der Waals surface area contributed by atoms with Gasteiger partial charge in [-0.15, -0.1) is 0 Å². The highest BCUT2D eigenvalue weighted by Crippen LogP contribution is 2.28. The maximum Gasteiger partial charge on any atom is 0.200 e. The SMILES string of the molecule is Fc1c(F)c(F)c(C[B-](Cc2c(F)c(F)c(F)c(F)c2F)c2c(F)c(F)c(F)c(F)c2F)c(F)c1F. The molecule has 36 heavy (non-hydrogen) atoms. The first kappa shape index (κ1) is 27.3. The van der Waals surface area contributed by atoms with E-state index in [0.717, 1.165) is 0 Å². The van der Waals surface area contributed by atoms with Crippen LogP contribution in [-0.2, 0) is 12.6 Å². The van der Waals surface area contributed by atoms with Gasteiger partial charge < -0.3 is 0 Å². The Hall–Kier alpha value is -3.33. The summed E-state index contributed by atoms with van der Waals surface area (Å²) in [6, 6.07) is 0. The molecule has 0 bridgehead atoms. The van der Waals surface area contributed by atoms with Crippen molar-refractivity contribution < 1.29 is 65.9 Å². The highest BCUT2D eigenvalue weighted by atomic mass is 19.2. The van der Waals surface area contributed by atoms with Crippen LogP contribution in [0.5, 0.6) is 0 Å². The van der Waals surface area contributed by atoms with Gasteiger partial charge in [0.2, 0.25) is 11.6 Å². The first-order chi connectivity index (χ1) is 16.6. The standard InChI is InChI=1S/C20H4BF15/c22-6-3(7(23)13(29)18(34)12(6)28)1-21(5-10(26)16(32)20(36)17(33)11(5)27)2-4-8(24)14(30)19(35)15(31)9(4)25/h1-2H2/q-1. The summed E-state index contributed by atoms with van der Waals surface area (Å²) in [4.78, 5) is 0. The van der Waals surface area contributed by atoms with E-state index >= 15 is 0 Å². The molecular formula is C20H4BF15-. The van der Waals surface area contributed by atoms with Gasteiger partial charge in [0.15, 0.2) is 64.0 Å². The average molecular weight is 540 g/mol. The summed E-state index contributed by atoms with van der Waals surface area (Å²) in [6.07, 6.45) is -3.83. The minimum atomic E-state index is -2.82. The minimum absolute atomic E-state index is 1.91. The predicted octanol–water partition coefficient (Wildman–Crippen LogP) is 6.04. The second-order valence-electron chi connectivity index (χ2n) is 7.19. The monoisotopic (exact) mass is 540 g/mol. The molecular weight excluding hydrogens is 536 g/mol. The molecule has 0 saturated carbocycles. The van der Waals surface area contributed by atoms with Crippen molar-refractivity contribution in [1.82, 2.24) is 0 Å². The van der Waals surface area contributed by atoms with Gasteiger partial charge in [0, 0.05) is 0 Å². The Labute approximate surface area is 190 Å². The molecule has 0 saturated heterocycles. The summed E-state index contributed by atoms with van der Waals surface area (Å²) in [5, 5.41) is 0. The highest BCUT2D eigenvalue weighted by molar-refractivity contribution is 6.72. The molecule has 0 unspecified atom stereocenters. The number of rotatable bonds is 5. The predicted molar refractivity (Wildman–Crippen MR) is 91.5 cm³/mol. The van der Waals surface area contributed by atoms with Gasteiger partial charge in [0.25, 0.3) is 0 Å². The van der Waals surface area contributed by atoms with Crippen molar-refractivity contribution in [2.75, 3.05) is 0 Å². The molecule has 1 radical (unpaired) electrons. The lowest BCUT2D eigenvalue weighted by Crippen LogP contribution is -2.43. The number of hydrogen-bond donors (Lipinski definition) is 0. The number of halogens is 15. The first-order valence-corrected chi connectivity index (χ1v) is 9.15. The summed E-state index contributed by atoms with van der Waals surface area (Å²) in [6.45, 7) is -2.82. The zero-order valence-electron chi connectivity index (χ0n) is 16.7. The van der Waals surface area contributed by atoms with Gasteiger partial charge in [-0.1, -0.05) is 6.71 Å². The van der Waals surface area contributed by atoms with Crippen LogP contribution in [0.2, 0.25) is 0 Å². The van der Waals surface area contributed by atoms with Crippen LogP contribution in [0.15, 0.2) is 0 Å². The fourth-order valence-electron chi connectivity index (χ4n) is 3.41. The van der Waals surface area contributed by atoms with Gasteiger partial charge >= 0.3 is 0 Å². The van der Waals surface area contributed by atoms with Crippen molar-refractivity contribution in [3.8, 4) is 0 Å². The van der Waals surface area contributed by atoms with E-state index in [1.807, 2.05) is 0 Å². The van der Waals surface area contributed by atoms with E-state index in [0.29, 0.717) is 0 Å². The lowest BCUT2D eigenvalue weighted by atomic mass is 9.38. The summed E-state index contributed by atoms with van der Waals surface area (Å²) in [5.41, 5.74) is -5.97. The van der Waals surface area contributed by atoms with E-state index in [-0.39, 0.29) is 0 Å². The normalized spacial score (nSPS) is 11.7. The van der Waals surface area contributed by atoms with Crippen molar-refractivity contribution in [3.63, 3.8) is 0 Å². The molecule has 0 aliphatic carbocycles. The van der Waals surface area contributed by atoms with Gasteiger partial charge in [-0.05, 0) is 11.1 Å². The first-order valence-electron chi connectivity index (χ1n) is 9.15. The van der Waals surface area contributed by atoms with Crippen LogP contribution < -0.4 is 5.46 Å². The maximum atomic E-state index is 14.4. The third kappa shape index (κ3) is 4.15. The molecule has 0 atom stereocenters. The molecule has 0 spiro atoms. The molecule has 0 aliphatic heterocycles. The molecule has 0 fully saturated rings. The van der Waals surface area contributed by atoms with Crippen molar-refractivity contribution in [2.45, 2.75) is 12.6 Å². The van der Waals surface area contributed by atoms with Crippen LogP contribution in [0.25, 0.3) is 0 Å². The second-order valence-corrected chi connectivity index (χ2v) is 7.19. The molecule has 3 aromatic carbocycles. The van der Waals surface area contributed by atoms with Gasteiger partial charge in [-0.2, -0.15) is 18.1 Å². The maximum absolute atomic E-state index is 14.4.